The number of hydrogen-bond donors (Lipinski definition) is 3. The first-order valence-corrected chi connectivity index (χ1v) is 10.1. The van der Waals surface area contributed by atoms with Crippen molar-refractivity contribution in [3.8, 4) is 12.3 Å². The van der Waals surface area contributed by atoms with Crippen molar-refractivity contribution in [2.75, 3.05) is 13.2 Å². The normalized spacial score (nSPS) is 7.71. The summed E-state index contributed by atoms with van der Waals surface area (Å²) >= 11 is 0. The van der Waals surface area contributed by atoms with E-state index in [4.69, 9.17) is 15.4 Å². The van der Waals surface area contributed by atoms with Crippen molar-refractivity contribution < 1.29 is 83.9 Å². The first-order valence-electron chi connectivity index (χ1n) is 10.1. The number of nitrogens with zero attached hydrogens (tertiary/aromatic N) is 5. The van der Waals surface area contributed by atoms with Crippen molar-refractivity contribution in [3.05, 3.63) is 45.4 Å². The van der Waals surface area contributed by atoms with Gasteiger partial charge in [0.05, 0.1) is 13.2 Å². The summed E-state index contributed by atoms with van der Waals surface area (Å²) in [5.74, 6) is -0.391. The first-order chi connectivity index (χ1) is 17.3. The minimum absolute atomic E-state index is 0. The third-order valence-corrected chi connectivity index (χ3v) is 3.20. The SMILES string of the molecule is C.C#CC(C)=O.CC(=O)c1cc(C(=O)O)[nH]n1.CCOC(=O)N=[N+]=[N-].CCOC(=O)c1cc(C(C)=O)n[nH]1.O.[Na+].[OH-]. The van der Waals surface area contributed by atoms with E-state index in [1.807, 2.05) is 5.92 Å². The Balaban J connectivity index is -0.000000101. The van der Waals surface area contributed by atoms with Gasteiger partial charge in [-0.1, -0.05) is 7.43 Å². The summed E-state index contributed by atoms with van der Waals surface area (Å²) in [5.41, 5.74) is 8.13. The Morgan fingerprint density at radius 1 is 0.976 bits per heavy atom. The zero-order valence-corrected chi connectivity index (χ0v) is 24.5. The summed E-state index contributed by atoms with van der Waals surface area (Å²) in [6.45, 7) is 7.92. The molecule has 0 bridgehead atoms. The number of ether oxygens (including phenoxy) is 2. The Morgan fingerprint density at radius 3 is 1.63 bits per heavy atom. The number of aromatic amines is 2. The number of carboxylic acid groups (broad SMARTS) is 1. The number of aromatic nitrogens is 4. The van der Waals surface area contributed by atoms with Crippen molar-refractivity contribution in [1.82, 2.24) is 20.4 Å². The number of H-pyrrole nitrogens is 2. The average molecular weight is 594 g/mol. The number of aromatic carboxylic acids is 1. The van der Waals surface area contributed by atoms with Crippen LogP contribution in [0.3, 0.4) is 0 Å². The molecule has 41 heavy (non-hydrogen) atoms. The molecular weight excluding hydrogens is 561 g/mol. The molecule has 0 fully saturated rings. The summed E-state index contributed by atoms with van der Waals surface area (Å²) in [5, 5.41) is 22.8. The molecule has 0 unspecified atom stereocenters. The van der Waals surface area contributed by atoms with E-state index in [1.54, 1.807) is 13.8 Å². The number of rotatable bonds is 6. The van der Waals surface area contributed by atoms with Crippen LogP contribution in [-0.4, -0.2) is 85.0 Å². The molecule has 0 radical (unpaired) electrons. The van der Waals surface area contributed by atoms with Crippen LogP contribution in [0.25, 0.3) is 10.4 Å². The summed E-state index contributed by atoms with van der Waals surface area (Å²) in [4.78, 5) is 64.5. The zero-order chi connectivity index (χ0) is 29.0. The number of esters is 1. The Bertz CT molecular complexity index is 1170. The molecule has 18 nitrogen and oxygen atoms in total. The quantitative estimate of drug-likeness (QED) is 0.0552. The molecule has 0 atom stereocenters. The van der Waals surface area contributed by atoms with Crippen LogP contribution in [-0.2, 0) is 14.3 Å². The number of carbonyl (C=O) groups is 6. The molecule has 0 spiro atoms. The molecular formula is C22H32N7NaO11. The standard InChI is InChI=1S/C8H10N2O3.C6H6N2O3.C4H4O.C3H5N3O2.CH4.Na.2H2O/c1-3-13-8(12)7-4-6(5(2)11)9-10-7;1-3(9)4-2-5(6(10)11)8-7-4;1-3-4(2)5;1-2-8-3(7)5-6-4;;;;/h4H,3H2,1-2H3,(H,9,10);2H,1H3,(H,7,8)(H,10,11);1H,2H3;2H2,1H3;1H4;;2*1H2/q;;;;;+1;;/p-1. The largest absolute Gasteiger partial charge is 1.00 e. The van der Waals surface area contributed by atoms with Gasteiger partial charge in [-0.2, -0.15) is 10.2 Å². The molecule has 2 heterocycles. The molecule has 1 amide bonds. The fraction of sp³-hybridized carbons (Fsp3) is 0.364. The number of terminal acetylenes is 1. The van der Waals surface area contributed by atoms with E-state index in [0.717, 1.165) is 0 Å². The van der Waals surface area contributed by atoms with Crippen LogP contribution >= 0.6 is 0 Å². The van der Waals surface area contributed by atoms with Crippen LogP contribution in [0.5, 0.6) is 0 Å². The Kier molecular flexibility index (Phi) is 34.6. The van der Waals surface area contributed by atoms with Crippen molar-refractivity contribution in [3.63, 3.8) is 0 Å². The van der Waals surface area contributed by atoms with Gasteiger partial charge in [0.25, 0.3) is 0 Å². The Morgan fingerprint density at radius 2 is 1.37 bits per heavy atom. The predicted octanol–water partition coefficient (Wildman–Crippen LogP) is -0.600. The zero-order valence-electron chi connectivity index (χ0n) is 22.5. The molecule has 2 aromatic rings. The molecule has 0 saturated carbocycles. The van der Waals surface area contributed by atoms with E-state index >= 15 is 0 Å². The van der Waals surface area contributed by atoms with Crippen LogP contribution in [0.4, 0.5) is 4.79 Å². The van der Waals surface area contributed by atoms with Crippen LogP contribution in [0.2, 0.25) is 0 Å². The number of hydrogen-bond acceptors (Lipinski definition) is 11. The van der Waals surface area contributed by atoms with Crippen molar-refractivity contribution in [1.29, 1.82) is 0 Å². The second kappa shape index (κ2) is 28.6. The van der Waals surface area contributed by atoms with E-state index in [9.17, 15) is 28.8 Å². The topological polar surface area (TPSA) is 309 Å². The monoisotopic (exact) mass is 593 g/mol. The van der Waals surface area contributed by atoms with Crippen molar-refractivity contribution >= 4 is 35.4 Å². The maximum Gasteiger partial charge on any atom is 1.00 e. The van der Waals surface area contributed by atoms with Crippen molar-refractivity contribution in [2.24, 2.45) is 5.11 Å². The molecule has 0 aliphatic rings. The third-order valence-electron chi connectivity index (χ3n) is 3.20. The van der Waals surface area contributed by atoms with Gasteiger partial charge >= 0.3 is 47.6 Å². The molecule has 222 valence electrons. The van der Waals surface area contributed by atoms with Gasteiger partial charge in [-0.25, -0.2) is 14.4 Å². The molecule has 6 N–H and O–H groups in total. The van der Waals surface area contributed by atoms with Crippen molar-refractivity contribution in [2.45, 2.75) is 42.0 Å². The molecule has 0 aromatic carbocycles. The smallest absolute Gasteiger partial charge is 0.870 e. The number of carboxylic acids is 1. The number of azide groups is 1. The maximum absolute atomic E-state index is 11.1. The van der Waals surface area contributed by atoms with E-state index in [1.165, 1.54) is 32.9 Å². The second-order valence-electron chi connectivity index (χ2n) is 6.06. The van der Waals surface area contributed by atoms with Crippen LogP contribution < -0.4 is 29.6 Å². The van der Waals surface area contributed by atoms with E-state index in [-0.39, 0.29) is 94.7 Å². The predicted molar refractivity (Wildman–Crippen MR) is 138 cm³/mol. The summed E-state index contributed by atoms with van der Waals surface area (Å²) < 4.78 is 8.92. The van der Waals surface area contributed by atoms with Gasteiger partial charge in [0.1, 0.15) is 22.8 Å². The molecule has 2 rings (SSSR count). The van der Waals surface area contributed by atoms with E-state index in [2.05, 4.69) is 41.6 Å². The fourth-order valence-electron chi connectivity index (χ4n) is 1.62. The number of ketones is 3. The number of Topliss-reactive ketones (excluding diaryl/α,β-unsaturated/α-hetero) is 3. The number of nitrogens with one attached hydrogen (secondary N) is 2. The van der Waals surface area contributed by atoms with Crippen LogP contribution in [0.1, 0.15) is 84.0 Å². The second-order valence-corrected chi connectivity index (χ2v) is 6.06. The van der Waals surface area contributed by atoms with Crippen LogP contribution in [0.15, 0.2) is 17.2 Å². The average Bonchev–Trinajstić information content (AvgIpc) is 3.52. The minimum atomic E-state index is -1.12. The van der Waals surface area contributed by atoms with Gasteiger partial charge in [-0.15, -0.1) is 6.42 Å². The van der Waals surface area contributed by atoms with E-state index < -0.39 is 18.0 Å². The van der Waals surface area contributed by atoms with Gasteiger partial charge in [0, 0.05) is 42.9 Å². The fourth-order valence-corrected chi connectivity index (χ4v) is 1.62. The Hall–Kier alpha value is -4.37. The molecule has 0 aliphatic heterocycles. The number of carbonyl (C=O) groups excluding carboxylic acids is 5. The molecule has 19 heteroatoms. The van der Waals surface area contributed by atoms with Gasteiger partial charge in [-0.05, 0) is 25.3 Å². The van der Waals surface area contributed by atoms with E-state index in [0.29, 0.717) is 6.61 Å². The number of amides is 1. The first kappa shape index (κ1) is 49.6. The summed E-state index contributed by atoms with van der Waals surface area (Å²) in [6.07, 6.45) is 3.69. The Labute approximate surface area is 257 Å². The maximum atomic E-state index is 11.1. The van der Waals surface area contributed by atoms with Gasteiger partial charge < -0.3 is 25.5 Å². The van der Waals surface area contributed by atoms with Crippen LogP contribution in [0, 0.1) is 12.3 Å². The molecule has 2 aromatic heterocycles. The summed E-state index contributed by atoms with van der Waals surface area (Å²) in [7, 11) is 0. The molecule has 0 saturated heterocycles. The van der Waals surface area contributed by atoms with Gasteiger partial charge in [0.15, 0.2) is 11.6 Å². The van der Waals surface area contributed by atoms with Gasteiger partial charge in [-0.3, -0.25) is 24.6 Å². The molecule has 0 aliphatic carbocycles. The minimum Gasteiger partial charge on any atom is -0.870 e. The third kappa shape index (κ3) is 24.4. The van der Waals surface area contributed by atoms with Gasteiger partial charge in [0.2, 0.25) is 5.78 Å². The summed E-state index contributed by atoms with van der Waals surface area (Å²) in [6, 6.07) is 2.57.